The van der Waals surface area contributed by atoms with Gasteiger partial charge >= 0.3 is 0 Å². The molecule has 1 atom stereocenters. The fourth-order valence-corrected chi connectivity index (χ4v) is 5.35. The summed E-state index contributed by atoms with van der Waals surface area (Å²) in [7, 11) is 0. The lowest BCUT2D eigenvalue weighted by molar-refractivity contribution is -0.117. The largest absolute Gasteiger partial charge is 0.489 e. The summed E-state index contributed by atoms with van der Waals surface area (Å²) in [5.41, 5.74) is 3.07. The van der Waals surface area contributed by atoms with Crippen LogP contribution >= 0.6 is 0 Å². The highest BCUT2D eigenvalue weighted by Crippen LogP contribution is 2.39. The normalized spacial score (nSPS) is 19.5. The van der Waals surface area contributed by atoms with Gasteiger partial charge in [-0.2, -0.15) is 0 Å². The zero-order valence-corrected chi connectivity index (χ0v) is 20.3. The smallest absolute Gasteiger partial charge is 0.224 e. The number of carbonyl (C=O) groups excluding carboxylic acids is 1. The van der Waals surface area contributed by atoms with Crippen LogP contribution in [0.25, 0.3) is 0 Å². The molecule has 182 valence electrons. The van der Waals surface area contributed by atoms with Gasteiger partial charge in [0.05, 0.1) is 18.2 Å². The van der Waals surface area contributed by atoms with Crippen LogP contribution in [0.1, 0.15) is 37.3 Å². The lowest BCUT2D eigenvalue weighted by Gasteiger charge is -2.39. The molecule has 3 heterocycles. The third kappa shape index (κ3) is 5.55. The molecule has 5 rings (SSSR count). The third-order valence-corrected chi connectivity index (χ3v) is 7.18. The Hall–Kier alpha value is -3.22. The maximum Gasteiger partial charge on any atom is 0.224 e. The average molecular weight is 472 g/mol. The highest BCUT2D eigenvalue weighted by Gasteiger charge is 2.45. The SMILES string of the molecule is CC(=O)N(c1ccccc1)[C@@H]1COC2(CCN(Cc3ccccc3OCc3cccnc3)CC2)C1. The highest BCUT2D eigenvalue weighted by atomic mass is 16.5. The van der Waals surface area contributed by atoms with Crippen molar-refractivity contribution in [3.05, 3.63) is 90.3 Å². The molecule has 0 bridgehead atoms. The summed E-state index contributed by atoms with van der Waals surface area (Å²) in [5, 5.41) is 0. The Kier molecular flexibility index (Phi) is 7.11. The molecule has 0 saturated carbocycles. The quantitative estimate of drug-likeness (QED) is 0.494. The van der Waals surface area contributed by atoms with Crippen LogP contribution in [0.3, 0.4) is 0 Å². The molecule has 6 heteroatoms. The van der Waals surface area contributed by atoms with Crippen LogP contribution in [0, 0.1) is 0 Å². The molecule has 2 aromatic carbocycles. The van der Waals surface area contributed by atoms with E-state index >= 15 is 0 Å². The summed E-state index contributed by atoms with van der Waals surface area (Å²) in [6, 6.07) is 22.3. The monoisotopic (exact) mass is 471 g/mol. The minimum Gasteiger partial charge on any atom is -0.489 e. The van der Waals surface area contributed by atoms with Crippen LogP contribution < -0.4 is 9.64 Å². The van der Waals surface area contributed by atoms with E-state index < -0.39 is 0 Å². The van der Waals surface area contributed by atoms with Crippen molar-refractivity contribution in [1.29, 1.82) is 0 Å². The predicted molar refractivity (Wildman–Crippen MR) is 136 cm³/mol. The van der Waals surface area contributed by atoms with Gasteiger partial charge in [0.15, 0.2) is 0 Å². The minimum absolute atomic E-state index is 0.0715. The number of hydrogen-bond donors (Lipinski definition) is 0. The van der Waals surface area contributed by atoms with Gasteiger partial charge in [0, 0.05) is 55.8 Å². The fourth-order valence-electron chi connectivity index (χ4n) is 5.35. The van der Waals surface area contributed by atoms with Gasteiger partial charge in [0.25, 0.3) is 0 Å². The van der Waals surface area contributed by atoms with Gasteiger partial charge in [0.1, 0.15) is 12.4 Å². The van der Waals surface area contributed by atoms with Gasteiger partial charge in [-0.25, -0.2) is 0 Å². The number of carbonyl (C=O) groups is 1. The molecule has 0 radical (unpaired) electrons. The summed E-state index contributed by atoms with van der Waals surface area (Å²) in [4.78, 5) is 21.0. The molecular formula is C29H33N3O3. The number of anilines is 1. The van der Waals surface area contributed by atoms with Gasteiger partial charge in [-0.05, 0) is 43.5 Å². The number of rotatable bonds is 7. The second-order valence-corrected chi connectivity index (χ2v) is 9.61. The van der Waals surface area contributed by atoms with E-state index in [1.165, 1.54) is 5.56 Å². The van der Waals surface area contributed by atoms with E-state index in [-0.39, 0.29) is 17.6 Å². The Morgan fingerprint density at radius 2 is 1.86 bits per heavy atom. The fraction of sp³-hybridized carbons (Fsp3) is 0.379. The van der Waals surface area contributed by atoms with Gasteiger partial charge in [0.2, 0.25) is 5.91 Å². The summed E-state index contributed by atoms with van der Waals surface area (Å²) < 4.78 is 12.5. The first-order valence-electron chi connectivity index (χ1n) is 12.4. The number of amides is 1. The summed E-state index contributed by atoms with van der Waals surface area (Å²) >= 11 is 0. The number of likely N-dealkylation sites (tertiary alicyclic amines) is 1. The lowest BCUT2D eigenvalue weighted by atomic mass is 9.86. The van der Waals surface area contributed by atoms with Crippen molar-refractivity contribution in [1.82, 2.24) is 9.88 Å². The van der Waals surface area contributed by atoms with E-state index in [4.69, 9.17) is 9.47 Å². The molecule has 1 amide bonds. The van der Waals surface area contributed by atoms with E-state index in [0.29, 0.717) is 13.2 Å². The maximum absolute atomic E-state index is 12.5. The molecule has 0 N–H and O–H groups in total. The molecule has 1 aromatic heterocycles. The number of aromatic nitrogens is 1. The highest BCUT2D eigenvalue weighted by molar-refractivity contribution is 5.92. The zero-order chi connectivity index (χ0) is 24.1. The molecule has 35 heavy (non-hydrogen) atoms. The summed E-state index contributed by atoms with van der Waals surface area (Å²) in [6.07, 6.45) is 6.45. The molecule has 0 aliphatic carbocycles. The molecule has 2 fully saturated rings. The first-order chi connectivity index (χ1) is 17.1. The topological polar surface area (TPSA) is 54.9 Å². The zero-order valence-electron chi connectivity index (χ0n) is 20.3. The second-order valence-electron chi connectivity index (χ2n) is 9.61. The van der Waals surface area contributed by atoms with Crippen LogP contribution in [-0.4, -0.2) is 47.1 Å². The number of benzene rings is 2. The first-order valence-corrected chi connectivity index (χ1v) is 12.4. The van der Waals surface area contributed by atoms with E-state index in [0.717, 1.165) is 55.9 Å². The van der Waals surface area contributed by atoms with Crippen molar-refractivity contribution in [2.24, 2.45) is 0 Å². The van der Waals surface area contributed by atoms with Gasteiger partial charge in [-0.3, -0.25) is 14.7 Å². The van der Waals surface area contributed by atoms with Crippen molar-refractivity contribution in [2.45, 2.75) is 51.0 Å². The van der Waals surface area contributed by atoms with Crippen LogP contribution in [0.15, 0.2) is 79.1 Å². The third-order valence-electron chi connectivity index (χ3n) is 7.18. The second kappa shape index (κ2) is 10.6. The Morgan fingerprint density at radius 1 is 1.09 bits per heavy atom. The van der Waals surface area contributed by atoms with Crippen molar-refractivity contribution < 1.29 is 14.3 Å². The standard InChI is InChI=1S/C29H33N3O3/c1-23(33)32(26-10-3-2-4-11-26)27-18-29(35-22-27)13-16-31(17-14-29)20-25-9-5-6-12-28(25)34-21-24-8-7-15-30-19-24/h2-12,15,19,27H,13-14,16-18,20-22H2,1H3/t27-/m0/s1. The predicted octanol–water partition coefficient (Wildman–Crippen LogP) is 4.84. The van der Waals surface area contributed by atoms with Gasteiger partial charge in [-0.1, -0.05) is 42.5 Å². The molecular weight excluding hydrogens is 438 g/mol. The molecule has 6 nitrogen and oxygen atoms in total. The number of nitrogens with zero attached hydrogens (tertiary/aromatic N) is 3. The lowest BCUT2D eigenvalue weighted by Crippen LogP contribution is -2.45. The van der Waals surface area contributed by atoms with E-state index in [1.807, 2.05) is 65.7 Å². The van der Waals surface area contributed by atoms with Crippen molar-refractivity contribution in [3.8, 4) is 5.75 Å². The molecule has 1 spiro atoms. The van der Waals surface area contributed by atoms with Gasteiger partial charge < -0.3 is 14.4 Å². The molecule has 3 aromatic rings. The van der Waals surface area contributed by atoms with Crippen LogP contribution in [0.2, 0.25) is 0 Å². The summed E-state index contributed by atoms with van der Waals surface area (Å²) in [6.45, 7) is 5.54. The number of piperidine rings is 1. The Labute approximate surface area is 207 Å². The van der Waals surface area contributed by atoms with Crippen molar-refractivity contribution >= 4 is 11.6 Å². The van der Waals surface area contributed by atoms with Crippen LogP contribution in [0.5, 0.6) is 5.75 Å². The minimum atomic E-state index is -0.139. The number of ether oxygens (including phenoxy) is 2. The van der Waals surface area contributed by atoms with Crippen LogP contribution in [-0.2, 0) is 22.7 Å². The first kappa shape index (κ1) is 23.5. The Balaban J connectivity index is 1.18. The molecule has 2 saturated heterocycles. The number of hydrogen-bond acceptors (Lipinski definition) is 5. The molecule has 2 aliphatic heterocycles. The van der Waals surface area contributed by atoms with Gasteiger partial charge in [-0.15, -0.1) is 0 Å². The number of pyridine rings is 1. The Morgan fingerprint density at radius 3 is 2.60 bits per heavy atom. The van der Waals surface area contributed by atoms with E-state index in [2.05, 4.69) is 22.0 Å². The van der Waals surface area contributed by atoms with E-state index in [9.17, 15) is 4.79 Å². The summed E-state index contributed by atoms with van der Waals surface area (Å²) in [5.74, 6) is 0.996. The maximum atomic E-state index is 12.5. The average Bonchev–Trinajstić information content (AvgIpc) is 3.29. The Bertz CT molecular complexity index is 1110. The van der Waals surface area contributed by atoms with Crippen molar-refractivity contribution in [3.63, 3.8) is 0 Å². The number of para-hydroxylation sites is 2. The van der Waals surface area contributed by atoms with Crippen molar-refractivity contribution in [2.75, 3.05) is 24.6 Å². The molecule has 0 unspecified atom stereocenters. The molecule has 2 aliphatic rings. The van der Waals surface area contributed by atoms with E-state index in [1.54, 1.807) is 13.1 Å². The van der Waals surface area contributed by atoms with Crippen LogP contribution in [0.4, 0.5) is 5.69 Å².